The summed E-state index contributed by atoms with van der Waals surface area (Å²) >= 11 is 0. The second-order valence-corrected chi connectivity index (χ2v) is 7.27. The third-order valence-corrected chi connectivity index (χ3v) is 5.60. The van der Waals surface area contributed by atoms with Gasteiger partial charge in [0.25, 0.3) is 0 Å². The predicted octanol–water partition coefficient (Wildman–Crippen LogP) is 5.25. The first-order valence-electron chi connectivity index (χ1n) is 9.43. The summed E-state index contributed by atoms with van der Waals surface area (Å²) in [5.41, 5.74) is 5.91. The Balaban J connectivity index is 1.57. The van der Waals surface area contributed by atoms with Crippen molar-refractivity contribution in [2.24, 2.45) is 0 Å². The topological polar surface area (TPSA) is 3.88 Å². The molecule has 3 aromatic rings. The molecule has 1 heterocycles. The van der Waals surface area contributed by atoms with Gasteiger partial charge < -0.3 is 0 Å². The molecule has 0 saturated carbocycles. The monoisotopic (exact) mass is 328 g/mol. The van der Waals surface area contributed by atoms with Crippen molar-refractivity contribution in [3.05, 3.63) is 101 Å². The molecule has 1 aliphatic rings. The van der Waals surface area contributed by atoms with Crippen molar-refractivity contribution < 1.29 is 4.57 Å². The summed E-state index contributed by atoms with van der Waals surface area (Å²) in [7, 11) is 0. The number of pyridine rings is 1. The standard InChI is InChI=1S/C24H26N/c1-19-12-13-22-14-16-25(18-24(19)22)17-15-23(20-8-4-2-5-9-20)21-10-6-3-7-11-21/h2-11,14,16,18-19,23H,12-13,15,17H2,1H3/q+1. The number of aryl methyl sites for hydroxylation is 2. The van der Waals surface area contributed by atoms with Gasteiger partial charge in [-0.3, -0.25) is 0 Å². The van der Waals surface area contributed by atoms with E-state index in [2.05, 4.69) is 90.6 Å². The number of hydrogen-bond acceptors (Lipinski definition) is 0. The number of benzene rings is 2. The fourth-order valence-corrected chi connectivity index (χ4v) is 4.10. The molecule has 0 amide bonds. The van der Waals surface area contributed by atoms with Gasteiger partial charge in [0.2, 0.25) is 0 Å². The van der Waals surface area contributed by atoms with Crippen LogP contribution in [0.25, 0.3) is 0 Å². The molecule has 0 saturated heterocycles. The highest BCUT2D eigenvalue weighted by Crippen LogP contribution is 2.31. The number of fused-ring (bicyclic) bond motifs is 1. The van der Waals surface area contributed by atoms with Crippen LogP contribution in [0.15, 0.2) is 79.1 Å². The van der Waals surface area contributed by atoms with E-state index in [0.717, 1.165) is 13.0 Å². The quantitative estimate of drug-likeness (QED) is 0.564. The summed E-state index contributed by atoms with van der Waals surface area (Å²) in [5, 5.41) is 0. The summed E-state index contributed by atoms with van der Waals surface area (Å²) in [6, 6.07) is 24.2. The average Bonchev–Trinajstić information content (AvgIpc) is 3.04. The van der Waals surface area contributed by atoms with Crippen LogP contribution < -0.4 is 4.57 Å². The number of rotatable bonds is 5. The lowest BCUT2D eigenvalue weighted by Gasteiger charge is -2.17. The van der Waals surface area contributed by atoms with E-state index in [1.807, 2.05) is 0 Å². The summed E-state index contributed by atoms with van der Waals surface area (Å²) in [6.07, 6.45) is 8.32. The van der Waals surface area contributed by atoms with Gasteiger partial charge >= 0.3 is 0 Å². The first-order chi connectivity index (χ1) is 12.3. The first kappa shape index (κ1) is 16.1. The van der Waals surface area contributed by atoms with E-state index < -0.39 is 0 Å². The van der Waals surface area contributed by atoms with Crippen molar-refractivity contribution in [2.75, 3.05) is 0 Å². The van der Waals surface area contributed by atoms with Crippen LogP contribution in [0.4, 0.5) is 0 Å². The lowest BCUT2D eigenvalue weighted by molar-refractivity contribution is -0.698. The normalized spacial score (nSPS) is 16.2. The van der Waals surface area contributed by atoms with Crippen molar-refractivity contribution >= 4 is 0 Å². The molecule has 1 aromatic heterocycles. The summed E-state index contributed by atoms with van der Waals surface area (Å²) in [5.74, 6) is 1.15. The molecule has 0 N–H and O–H groups in total. The zero-order chi connectivity index (χ0) is 17.1. The molecule has 0 spiro atoms. The first-order valence-corrected chi connectivity index (χ1v) is 9.43. The molecule has 126 valence electrons. The maximum Gasteiger partial charge on any atom is 0.172 e. The van der Waals surface area contributed by atoms with Gasteiger partial charge in [0.05, 0.1) is 0 Å². The number of aromatic nitrogens is 1. The Morgan fingerprint density at radius 3 is 2.20 bits per heavy atom. The largest absolute Gasteiger partial charge is 0.205 e. The molecule has 1 unspecified atom stereocenters. The number of hydrogen-bond donors (Lipinski definition) is 0. The summed E-state index contributed by atoms with van der Waals surface area (Å²) in [4.78, 5) is 0. The van der Waals surface area contributed by atoms with Crippen molar-refractivity contribution in [1.82, 2.24) is 0 Å². The maximum atomic E-state index is 2.39. The van der Waals surface area contributed by atoms with Crippen LogP contribution in [0.5, 0.6) is 0 Å². The van der Waals surface area contributed by atoms with Crippen molar-refractivity contribution in [1.29, 1.82) is 0 Å². The molecule has 1 nitrogen and oxygen atoms in total. The van der Waals surface area contributed by atoms with Gasteiger partial charge in [-0.15, -0.1) is 0 Å². The lowest BCUT2D eigenvalue weighted by Crippen LogP contribution is -2.34. The second-order valence-electron chi connectivity index (χ2n) is 7.27. The Morgan fingerprint density at radius 2 is 1.56 bits per heavy atom. The smallest absolute Gasteiger partial charge is 0.172 e. The molecule has 2 aromatic carbocycles. The highest BCUT2D eigenvalue weighted by molar-refractivity contribution is 5.32. The molecule has 1 atom stereocenters. The van der Waals surface area contributed by atoms with Crippen LogP contribution >= 0.6 is 0 Å². The minimum absolute atomic E-state index is 0.445. The minimum atomic E-state index is 0.445. The molecule has 25 heavy (non-hydrogen) atoms. The van der Waals surface area contributed by atoms with Crippen LogP contribution in [-0.2, 0) is 13.0 Å². The number of nitrogens with zero attached hydrogens (tertiary/aromatic N) is 1. The Bertz CT molecular complexity index is 784. The Labute approximate surface area is 151 Å². The maximum absolute atomic E-state index is 2.39. The zero-order valence-electron chi connectivity index (χ0n) is 14.9. The van der Waals surface area contributed by atoms with Crippen molar-refractivity contribution in [3.63, 3.8) is 0 Å². The average molecular weight is 328 g/mol. The van der Waals surface area contributed by atoms with Crippen LogP contribution in [0, 0.1) is 0 Å². The van der Waals surface area contributed by atoms with Gasteiger partial charge in [-0.25, -0.2) is 4.57 Å². The Hall–Kier alpha value is -2.41. The van der Waals surface area contributed by atoms with Crippen LogP contribution in [0.1, 0.15) is 53.9 Å². The van der Waals surface area contributed by atoms with Crippen molar-refractivity contribution in [3.8, 4) is 0 Å². The van der Waals surface area contributed by atoms with Crippen LogP contribution in [0.2, 0.25) is 0 Å². The van der Waals surface area contributed by atoms with Crippen LogP contribution in [0.3, 0.4) is 0 Å². The van der Waals surface area contributed by atoms with E-state index in [0.29, 0.717) is 11.8 Å². The highest BCUT2D eigenvalue weighted by atomic mass is 14.9. The fourth-order valence-electron chi connectivity index (χ4n) is 4.10. The van der Waals surface area contributed by atoms with E-state index in [1.54, 1.807) is 11.1 Å². The van der Waals surface area contributed by atoms with Crippen molar-refractivity contribution in [2.45, 2.75) is 44.6 Å². The van der Waals surface area contributed by atoms with Gasteiger partial charge in [0.15, 0.2) is 12.4 Å². The SMILES string of the molecule is CC1CCc2cc[n+](CCC(c3ccccc3)c3ccccc3)cc21. The second kappa shape index (κ2) is 7.23. The van der Waals surface area contributed by atoms with E-state index >= 15 is 0 Å². The van der Waals surface area contributed by atoms with E-state index in [4.69, 9.17) is 0 Å². The van der Waals surface area contributed by atoms with E-state index in [-0.39, 0.29) is 0 Å². The van der Waals surface area contributed by atoms with E-state index in [9.17, 15) is 0 Å². The molecule has 1 aliphatic carbocycles. The molecule has 4 rings (SSSR count). The molecule has 1 heteroatoms. The summed E-state index contributed by atoms with van der Waals surface area (Å²) < 4.78 is 2.39. The van der Waals surface area contributed by atoms with Gasteiger partial charge in [-0.05, 0) is 35.4 Å². The summed E-state index contributed by atoms with van der Waals surface area (Å²) in [6.45, 7) is 3.40. The molecular formula is C24H26N+. The highest BCUT2D eigenvalue weighted by Gasteiger charge is 2.22. The third-order valence-electron chi connectivity index (χ3n) is 5.60. The van der Waals surface area contributed by atoms with Gasteiger partial charge in [0, 0.05) is 24.0 Å². The Kier molecular flexibility index (Phi) is 4.65. The zero-order valence-corrected chi connectivity index (χ0v) is 14.9. The third kappa shape index (κ3) is 3.51. The van der Waals surface area contributed by atoms with E-state index in [1.165, 1.54) is 24.0 Å². The molecule has 0 radical (unpaired) electrons. The molecule has 0 bridgehead atoms. The minimum Gasteiger partial charge on any atom is -0.205 e. The molecular weight excluding hydrogens is 302 g/mol. The van der Waals surface area contributed by atoms with Crippen LogP contribution in [-0.4, -0.2) is 0 Å². The van der Waals surface area contributed by atoms with Gasteiger partial charge in [0.1, 0.15) is 6.54 Å². The lowest BCUT2D eigenvalue weighted by atomic mass is 9.88. The van der Waals surface area contributed by atoms with Gasteiger partial charge in [-0.1, -0.05) is 67.6 Å². The molecule has 0 fully saturated rings. The van der Waals surface area contributed by atoms with Gasteiger partial charge in [-0.2, -0.15) is 0 Å². The molecule has 0 aliphatic heterocycles. The predicted molar refractivity (Wildman–Crippen MR) is 103 cm³/mol. The Morgan fingerprint density at radius 1 is 0.920 bits per heavy atom. The fraction of sp³-hybridized carbons (Fsp3) is 0.292.